The second-order valence-electron chi connectivity index (χ2n) is 5.62. The Labute approximate surface area is 146 Å². The number of anilines is 1. The highest BCUT2D eigenvalue weighted by Crippen LogP contribution is 2.27. The monoisotopic (exact) mass is 343 g/mol. The fraction of sp³-hybridized carbons (Fsp3) is 0.316. The minimum Gasteiger partial charge on any atom is -0.497 e. The van der Waals surface area contributed by atoms with Gasteiger partial charge in [0.2, 0.25) is 0 Å². The van der Waals surface area contributed by atoms with E-state index in [0.717, 1.165) is 41.5 Å². The summed E-state index contributed by atoms with van der Waals surface area (Å²) in [5.74, 6) is 1.54. The minimum absolute atomic E-state index is 0.101. The number of rotatable bonds is 6. The normalized spacial score (nSPS) is 16.8. The first-order valence-electron chi connectivity index (χ1n) is 8.05. The van der Waals surface area contributed by atoms with E-state index in [1.54, 1.807) is 18.9 Å². The van der Waals surface area contributed by atoms with E-state index in [0.29, 0.717) is 11.7 Å². The van der Waals surface area contributed by atoms with Gasteiger partial charge in [-0.2, -0.15) is 0 Å². The van der Waals surface area contributed by atoms with Crippen molar-refractivity contribution < 1.29 is 14.3 Å². The van der Waals surface area contributed by atoms with Crippen molar-refractivity contribution in [2.75, 3.05) is 24.8 Å². The quantitative estimate of drug-likeness (QED) is 0.798. The van der Waals surface area contributed by atoms with E-state index >= 15 is 0 Å². The third kappa shape index (κ3) is 4.30. The van der Waals surface area contributed by atoms with Crippen LogP contribution in [0.4, 0.5) is 5.69 Å². The molecule has 1 heterocycles. The van der Waals surface area contributed by atoms with Crippen molar-refractivity contribution in [3.05, 3.63) is 54.1 Å². The molecule has 5 heteroatoms. The molecule has 1 atom stereocenters. The Morgan fingerprint density at radius 2 is 2.04 bits per heavy atom. The van der Waals surface area contributed by atoms with Gasteiger partial charge in [0.25, 0.3) is 5.91 Å². The van der Waals surface area contributed by atoms with E-state index in [9.17, 15) is 4.79 Å². The third-order valence-electron chi connectivity index (χ3n) is 3.93. The van der Waals surface area contributed by atoms with Crippen LogP contribution < -0.4 is 10.1 Å². The second-order valence-corrected chi connectivity index (χ2v) is 6.69. The molecule has 1 unspecified atom stereocenters. The highest BCUT2D eigenvalue weighted by atomic mass is 32.2. The van der Waals surface area contributed by atoms with Crippen LogP contribution in [0.15, 0.2) is 53.4 Å². The summed E-state index contributed by atoms with van der Waals surface area (Å²) in [6.45, 7) is 0.852. The van der Waals surface area contributed by atoms with Crippen LogP contribution in [0.5, 0.6) is 5.75 Å². The third-order valence-corrected chi connectivity index (χ3v) is 5.13. The maximum atomic E-state index is 12.6. The highest BCUT2D eigenvalue weighted by molar-refractivity contribution is 7.99. The molecule has 0 aromatic heterocycles. The zero-order valence-electron chi connectivity index (χ0n) is 13.7. The van der Waals surface area contributed by atoms with Gasteiger partial charge in [-0.1, -0.05) is 12.1 Å². The van der Waals surface area contributed by atoms with Gasteiger partial charge >= 0.3 is 0 Å². The number of amides is 1. The first-order chi connectivity index (χ1) is 11.8. The molecule has 126 valence electrons. The molecule has 0 saturated carbocycles. The SMILES string of the molecule is COc1ccc(NC(=O)c2ccccc2SCC2CCCO2)cc1. The zero-order chi connectivity index (χ0) is 16.8. The Morgan fingerprint density at radius 3 is 2.75 bits per heavy atom. The van der Waals surface area contributed by atoms with Gasteiger partial charge in [0.1, 0.15) is 5.75 Å². The first kappa shape index (κ1) is 16.9. The lowest BCUT2D eigenvalue weighted by molar-refractivity contribution is 0.102. The van der Waals surface area contributed by atoms with Gasteiger partial charge < -0.3 is 14.8 Å². The summed E-state index contributed by atoms with van der Waals surface area (Å²) in [6, 6.07) is 15.0. The molecule has 1 saturated heterocycles. The molecule has 1 aliphatic heterocycles. The number of benzene rings is 2. The Hall–Kier alpha value is -1.98. The number of hydrogen-bond donors (Lipinski definition) is 1. The van der Waals surface area contributed by atoms with Gasteiger partial charge in [0, 0.05) is 22.9 Å². The lowest BCUT2D eigenvalue weighted by Crippen LogP contribution is -2.14. The fourth-order valence-electron chi connectivity index (χ4n) is 2.61. The van der Waals surface area contributed by atoms with E-state index in [1.807, 2.05) is 48.5 Å². The van der Waals surface area contributed by atoms with Gasteiger partial charge in [-0.15, -0.1) is 11.8 Å². The largest absolute Gasteiger partial charge is 0.497 e. The maximum Gasteiger partial charge on any atom is 0.256 e. The summed E-state index contributed by atoms with van der Waals surface area (Å²) in [6.07, 6.45) is 2.53. The summed E-state index contributed by atoms with van der Waals surface area (Å²) in [5, 5.41) is 2.94. The topological polar surface area (TPSA) is 47.6 Å². The van der Waals surface area contributed by atoms with E-state index < -0.39 is 0 Å². The smallest absolute Gasteiger partial charge is 0.256 e. The van der Waals surface area contributed by atoms with Crippen molar-refractivity contribution in [2.24, 2.45) is 0 Å². The molecule has 1 fully saturated rings. The molecule has 2 aromatic rings. The number of hydrogen-bond acceptors (Lipinski definition) is 4. The number of carbonyl (C=O) groups excluding carboxylic acids is 1. The van der Waals surface area contributed by atoms with Crippen LogP contribution in [-0.2, 0) is 4.74 Å². The summed E-state index contributed by atoms with van der Waals surface area (Å²) >= 11 is 1.68. The van der Waals surface area contributed by atoms with E-state index in [4.69, 9.17) is 9.47 Å². The Bertz CT molecular complexity index is 681. The fourth-order valence-corrected chi connectivity index (χ4v) is 3.73. The van der Waals surface area contributed by atoms with E-state index in [-0.39, 0.29) is 5.91 Å². The van der Waals surface area contributed by atoms with Gasteiger partial charge in [0.15, 0.2) is 0 Å². The molecule has 0 bridgehead atoms. The lowest BCUT2D eigenvalue weighted by atomic mass is 10.2. The average molecular weight is 343 g/mol. The highest BCUT2D eigenvalue weighted by Gasteiger charge is 2.18. The molecule has 0 radical (unpaired) electrons. The van der Waals surface area contributed by atoms with Crippen LogP contribution in [0.1, 0.15) is 23.2 Å². The first-order valence-corrected chi connectivity index (χ1v) is 9.03. The van der Waals surface area contributed by atoms with Gasteiger partial charge in [-0.25, -0.2) is 0 Å². The van der Waals surface area contributed by atoms with Crippen molar-refractivity contribution in [1.82, 2.24) is 0 Å². The predicted molar refractivity (Wildman–Crippen MR) is 97.1 cm³/mol. The van der Waals surface area contributed by atoms with Crippen LogP contribution in [-0.4, -0.2) is 31.5 Å². The number of carbonyl (C=O) groups is 1. The number of methoxy groups -OCH3 is 1. The van der Waals surface area contributed by atoms with Crippen molar-refractivity contribution in [3.63, 3.8) is 0 Å². The molecule has 1 N–H and O–H groups in total. The molecule has 24 heavy (non-hydrogen) atoms. The van der Waals surface area contributed by atoms with E-state index in [1.165, 1.54) is 0 Å². The van der Waals surface area contributed by atoms with Crippen LogP contribution >= 0.6 is 11.8 Å². The van der Waals surface area contributed by atoms with Crippen molar-refractivity contribution in [2.45, 2.75) is 23.8 Å². The van der Waals surface area contributed by atoms with Crippen LogP contribution in [0, 0.1) is 0 Å². The molecular weight excluding hydrogens is 322 g/mol. The predicted octanol–water partition coefficient (Wildman–Crippen LogP) is 4.22. The van der Waals surface area contributed by atoms with Crippen LogP contribution in [0.2, 0.25) is 0 Å². The number of ether oxygens (including phenoxy) is 2. The van der Waals surface area contributed by atoms with Gasteiger partial charge in [-0.05, 0) is 49.2 Å². The van der Waals surface area contributed by atoms with Crippen molar-refractivity contribution in [3.8, 4) is 5.75 Å². The Morgan fingerprint density at radius 1 is 1.25 bits per heavy atom. The van der Waals surface area contributed by atoms with Crippen LogP contribution in [0.3, 0.4) is 0 Å². The summed E-state index contributed by atoms with van der Waals surface area (Å²) in [5.41, 5.74) is 1.44. The standard InChI is InChI=1S/C19H21NO3S/c1-22-15-10-8-14(9-11-15)20-19(21)17-6-2-3-7-18(17)24-13-16-5-4-12-23-16/h2-3,6-11,16H,4-5,12-13H2,1H3,(H,20,21). The second kappa shape index (κ2) is 8.22. The number of thioether (sulfide) groups is 1. The summed E-state index contributed by atoms with van der Waals surface area (Å²) < 4.78 is 10.8. The number of nitrogens with one attached hydrogen (secondary N) is 1. The zero-order valence-corrected chi connectivity index (χ0v) is 14.5. The lowest BCUT2D eigenvalue weighted by Gasteiger charge is -2.12. The molecule has 1 aliphatic rings. The van der Waals surface area contributed by atoms with Gasteiger partial charge in [0.05, 0.1) is 18.8 Å². The Kier molecular flexibility index (Phi) is 5.77. The molecule has 0 spiro atoms. The molecule has 3 rings (SSSR count). The van der Waals surface area contributed by atoms with E-state index in [2.05, 4.69) is 5.32 Å². The molecule has 1 amide bonds. The maximum absolute atomic E-state index is 12.6. The van der Waals surface area contributed by atoms with Crippen LogP contribution in [0.25, 0.3) is 0 Å². The molecule has 4 nitrogen and oxygen atoms in total. The minimum atomic E-state index is -0.101. The summed E-state index contributed by atoms with van der Waals surface area (Å²) in [7, 11) is 1.62. The molecular formula is C19H21NO3S. The van der Waals surface area contributed by atoms with Crippen molar-refractivity contribution >= 4 is 23.4 Å². The average Bonchev–Trinajstić information content (AvgIpc) is 3.14. The molecule has 2 aromatic carbocycles. The summed E-state index contributed by atoms with van der Waals surface area (Å²) in [4.78, 5) is 13.6. The molecule has 0 aliphatic carbocycles. The Balaban J connectivity index is 1.66. The van der Waals surface area contributed by atoms with Gasteiger partial charge in [-0.3, -0.25) is 4.79 Å². The van der Waals surface area contributed by atoms with Crippen molar-refractivity contribution in [1.29, 1.82) is 0 Å².